The lowest BCUT2D eigenvalue weighted by Gasteiger charge is -2.62. The van der Waals surface area contributed by atoms with Gasteiger partial charge in [-0.2, -0.15) is 0 Å². The summed E-state index contributed by atoms with van der Waals surface area (Å²) in [7, 11) is 0. The summed E-state index contributed by atoms with van der Waals surface area (Å²) < 4.78 is 12.3. The molecule has 0 unspecified atom stereocenters. The van der Waals surface area contributed by atoms with E-state index < -0.39 is 29.1 Å². The normalized spacial score (nSPS) is 29.2. The maximum atomic E-state index is 13.3. The van der Waals surface area contributed by atoms with E-state index >= 15 is 0 Å². The van der Waals surface area contributed by atoms with E-state index in [1.807, 2.05) is 36.4 Å². The summed E-state index contributed by atoms with van der Waals surface area (Å²) in [5.41, 5.74) is 1.58. The number of aliphatic hydroxyl groups is 1. The number of fused-ring (bicyclic) bond motifs is 1. The van der Waals surface area contributed by atoms with Crippen molar-refractivity contribution in [3.8, 4) is 11.5 Å². The van der Waals surface area contributed by atoms with Gasteiger partial charge in [0.25, 0.3) is 0 Å². The Morgan fingerprint density at radius 3 is 2.45 bits per heavy atom. The van der Waals surface area contributed by atoms with Crippen molar-refractivity contribution in [3.05, 3.63) is 70.8 Å². The lowest BCUT2D eigenvalue weighted by Crippen LogP contribution is -2.76. The molecule has 8 heteroatoms. The number of hydrogen-bond donors (Lipinski definition) is 2. The summed E-state index contributed by atoms with van der Waals surface area (Å²) in [5, 5.41) is 23.3. The zero-order valence-corrected chi connectivity index (χ0v) is 23.3. The first-order valence-electron chi connectivity index (χ1n) is 15.0. The van der Waals surface area contributed by atoms with Crippen LogP contribution in [0.3, 0.4) is 0 Å². The molecule has 2 saturated carbocycles. The Bertz CT molecular complexity index is 1680. The van der Waals surface area contributed by atoms with Gasteiger partial charge in [0, 0.05) is 24.6 Å². The van der Waals surface area contributed by atoms with Gasteiger partial charge in [0.2, 0.25) is 0 Å². The van der Waals surface area contributed by atoms with Crippen LogP contribution in [0.15, 0.2) is 48.5 Å². The third-order valence-electron chi connectivity index (χ3n) is 10.4. The molecule has 0 radical (unpaired) electrons. The molecular weight excluding hydrogens is 534 g/mol. The van der Waals surface area contributed by atoms with Crippen molar-refractivity contribution >= 4 is 28.5 Å². The Hall–Kier alpha value is -3.75. The SMILES string of the molecule is O=C(O)Cc1ccc2cc(CC(=O)Oc3ccc4c5c3O[C@H]3C(=O)CC[C@@]6(O)[C@@H](C4)N(CC4CC4)CC[C@]536)ccc2c1. The second-order valence-corrected chi connectivity index (χ2v) is 12.9. The van der Waals surface area contributed by atoms with Gasteiger partial charge in [0.05, 0.1) is 23.9 Å². The van der Waals surface area contributed by atoms with Crippen LogP contribution in [0.4, 0.5) is 0 Å². The number of piperidine rings is 1. The topological polar surface area (TPSA) is 113 Å². The van der Waals surface area contributed by atoms with E-state index in [1.54, 1.807) is 12.1 Å². The molecule has 42 heavy (non-hydrogen) atoms. The van der Waals surface area contributed by atoms with Crippen molar-refractivity contribution in [1.29, 1.82) is 0 Å². The molecule has 0 amide bonds. The first-order chi connectivity index (χ1) is 20.2. The van der Waals surface area contributed by atoms with Crippen LogP contribution in [0, 0.1) is 5.92 Å². The van der Waals surface area contributed by atoms with E-state index in [2.05, 4.69) is 4.90 Å². The summed E-state index contributed by atoms with van der Waals surface area (Å²) >= 11 is 0. The minimum absolute atomic E-state index is 0.0121. The van der Waals surface area contributed by atoms with Gasteiger partial charge in [-0.15, -0.1) is 0 Å². The third-order valence-corrected chi connectivity index (χ3v) is 10.4. The standard InChI is InChI=1S/C34H33NO7/c36-25-9-10-34(40)27-17-24-7-8-26(31-30(24)33(34,32(25)42-31)11-12-35(27)18-19-1-2-19)41-29(39)16-21-4-6-22-13-20(15-28(37)38)3-5-23(22)14-21/h3-8,13-14,19,27,32,40H,1-2,9-12,15-18H2,(H,37,38)/t27-,32+,33+,34-/m1/s1. The average molecular weight is 568 g/mol. The Labute approximate surface area is 243 Å². The number of carbonyl (C=O) groups excluding carboxylic acids is 2. The molecule has 3 aromatic rings. The van der Waals surface area contributed by atoms with Gasteiger partial charge in [-0.1, -0.05) is 42.5 Å². The van der Waals surface area contributed by atoms with E-state index in [0.717, 1.165) is 46.1 Å². The molecule has 8 nitrogen and oxygen atoms in total. The van der Waals surface area contributed by atoms with E-state index in [1.165, 1.54) is 12.8 Å². The van der Waals surface area contributed by atoms with Gasteiger partial charge < -0.3 is 19.7 Å². The fourth-order valence-corrected chi connectivity index (χ4v) is 8.40. The minimum atomic E-state index is -1.06. The Morgan fingerprint density at radius 2 is 1.74 bits per heavy atom. The average Bonchev–Trinajstić information content (AvgIpc) is 3.69. The van der Waals surface area contributed by atoms with E-state index in [9.17, 15) is 19.5 Å². The molecule has 3 aliphatic carbocycles. The molecule has 0 aromatic heterocycles. The monoisotopic (exact) mass is 567 g/mol. The number of carboxylic acids is 1. The lowest BCUT2D eigenvalue weighted by atomic mass is 9.49. The number of ether oxygens (including phenoxy) is 2. The molecular formula is C34H33NO7. The number of ketones is 1. The summed E-state index contributed by atoms with van der Waals surface area (Å²) in [6, 6.07) is 14.9. The molecule has 2 aliphatic heterocycles. The zero-order chi connectivity index (χ0) is 28.8. The maximum absolute atomic E-state index is 13.3. The fourth-order valence-electron chi connectivity index (χ4n) is 8.40. The van der Waals surface area contributed by atoms with Gasteiger partial charge in [-0.3, -0.25) is 19.3 Å². The smallest absolute Gasteiger partial charge is 0.315 e. The van der Waals surface area contributed by atoms with Gasteiger partial charge >= 0.3 is 11.9 Å². The van der Waals surface area contributed by atoms with Crippen LogP contribution in [0.2, 0.25) is 0 Å². The maximum Gasteiger partial charge on any atom is 0.315 e. The number of Topliss-reactive ketones (excluding diaryl/α,β-unsaturated/α-hetero) is 1. The number of benzene rings is 3. The molecule has 1 spiro atoms. The van der Waals surface area contributed by atoms with Gasteiger partial charge in [-0.25, -0.2) is 0 Å². The van der Waals surface area contributed by atoms with Crippen LogP contribution in [0.1, 0.15) is 54.4 Å². The highest BCUT2D eigenvalue weighted by Crippen LogP contribution is 2.65. The molecule has 8 rings (SSSR count). The second kappa shape index (κ2) is 9.12. The number of aliphatic carboxylic acids is 1. The molecule has 2 heterocycles. The fraction of sp³-hybridized carbons (Fsp3) is 0.441. The number of likely N-dealkylation sites (tertiary alicyclic amines) is 1. The van der Waals surface area contributed by atoms with E-state index in [4.69, 9.17) is 14.6 Å². The number of nitrogens with zero attached hydrogens (tertiary/aromatic N) is 1. The van der Waals surface area contributed by atoms with Crippen molar-refractivity contribution < 1.29 is 34.1 Å². The highest BCUT2D eigenvalue weighted by atomic mass is 16.6. The van der Waals surface area contributed by atoms with E-state index in [-0.39, 0.29) is 31.1 Å². The van der Waals surface area contributed by atoms with Crippen LogP contribution in [0.5, 0.6) is 11.5 Å². The van der Waals surface area contributed by atoms with E-state index in [0.29, 0.717) is 36.7 Å². The molecule has 1 saturated heterocycles. The quantitative estimate of drug-likeness (QED) is 0.328. The summed E-state index contributed by atoms with van der Waals surface area (Å²) in [6.07, 6.45) is 3.79. The number of hydrogen-bond acceptors (Lipinski definition) is 7. The van der Waals surface area contributed by atoms with Crippen molar-refractivity contribution in [3.63, 3.8) is 0 Å². The molecule has 3 fully saturated rings. The summed E-state index contributed by atoms with van der Waals surface area (Å²) in [4.78, 5) is 40.0. The van der Waals surface area contributed by atoms with Gasteiger partial charge in [0.1, 0.15) is 0 Å². The molecule has 2 bridgehead atoms. The predicted molar refractivity (Wildman–Crippen MR) is 153 cm³/mol. The largest absolute Gasteiger partial charge is 0.481 e. The second-order valence-electron chi connectivity index (χ2n) is 12.9. The van der Waals surface area contributed by atoms with Crippen LogP contribution in [-0.2, 0) is 39.1 Å². The van der Waals surface area contributed by atoms with Gasteiger partial charge in [0.15, 0.2) is 23.4 Å². The Balaban J connectivity index is 1.09. The van der Waals surface area contributed by atoms with Crippen LogP contribution < -0.4 is 9.47 Å². The van der Waals surface area contributed by atoms with Crippen LogP contribution in [0.25, 0.3) is 10.8 Å². The van der Waals surface area contributed by atoms with Crippen molar-refractivity contribution in [1.82, 2.24) is 4.90 Å². The third kappa shape index (κ3) is 3.77. The first kappa shape index (κ1) is 25.9. The first-order valence-corrected chi connectivity index (χ1v) is 15.0. The summed E-state index contributed by atoms with van der Waals surface area (Å²) in [5.74, 6) is 0.138. The van der Waals surface area contributed by atoms with Crippen molar-refractivity contribution in [2.45, 2.75) is 74.5 Å². The molecule has 3 aromatic carbocycles. The highest BCUT2D eigenvalue weighted by Gasteiger charge is 2.73. The number of carbonyl (C=O) groups is 3. The summed E-state index contributed by atoms with van der Waals surface area (Å²) in [6.45, 7) is 1.82. The van der Waals surface area contributed by atoms with Crippen molar-refractivity contribution in [2.75, 3.05) is 13.1 Å². The minimum Gasteiger partial charge on any atom is -0.481 e. The molecule has 5 aliphatic rings. The molecule has 216 valence electrons. The van der Waals surface area contributed by atoms with Crippen LogP contribution >= 0.6 is 0 Å². The van der Waals surface area contributed by atoms with Crippen LogP contribution in [-0.4, -0.2) is 63.7 Å². The number of carboxylic acid groups (broad SMARTS) is 1. The zero-order valence-electron chi connectivity index (χ0n) is 23.3. The molecule has 4 atom stereocenters. The van der Waals surface area contributed by atoms with Crippen molar-refractivity contribution in [2.24, 2.45) is 5.92 Å². The van der Waals surface area contributed by atoms with Gasteiger partial charge in [-0.05, 0) is 78.1 Å². The highest BCUT2D eigenvalue weighted by molar-refractivity contribution is 5.90. The Kier molecular flexibility index (Phi) is 5.63. The predicted octanol–water partition coefficient (Wildman–Crippen LogP) is 3.75. The Morgan fingerprint density at radius 1 is 1.00 bits per heavy atom. The number of esters is 1. The molecule has 2 N–H and O–H groups in total. The lowest BCUT2D eigenvalue weighted by molar-refractivity contribution is -0.188. The number of rotatable bonds is 7.